The summed E-state index contributed by atoms with van der Waals surface area (Å²) >= 11 is 2.04. The Balaban J connectivity index is 2.47. The van der Waals surface area contributed by atoms with Crippen LogP contribution in [-0.4, -0.2) is 35.2 Å². The van der Waals surface area contributed by atoms with E-state index in [4.69, 9.17) is 4.74 Å². The molecule has 0 heterocycles. The van der Waals surface area contributed by atoms with E-state index < -0.39 is 5.54 Å². The van der Waals surface area contributed by atoms with Crippen molar-refractivity contribution in [3.8, 4) is 0 Å². The van der Waals surface area contributed by atoms with Crippen LogP contribution in [0, 0.1) is 5.92 Å². The summed E-state index contributed by atoms with van der Waals surface area (Å²) in [4.78, 5) is 12.2. The number of rotatable bonds is 8. The molecule has 0 saturated heterocycles. The van der Waals surface area contributed by atoms with Crippen molar-refractivity contribution in [1.29, 1.82) is 0 Å². The maximum atomic E-state index is 12.2. The van der Waals surface area contributed by atoms with Gasteiger partial charge in [-0.3, -0.25) is 10.1 Å². The molecule has 0 bridgehead atoms. The predicted molar refractivity (Wildman–Crippen MR) is 91.8 cm³/mol. The van der Waals surface area contributed by atoms with Gasteiger partial charge in [-0.05, 0) is 58.6 Å². The number of esters is 1. The predicted octanol–water partition coefficient (Wildman–Crippen LogP) is 4.01. The minimum Gasteiger partial charge on any atom is -0.465 e. The van der Waals surface area contributed by atoms with Crippen LogP contribution >= 0.6 is 11.8 Å². The number of nitrogens with one attached hydrogen (secondary N) is 1. The lowest BCUT2D eigenvalue weighted by Crippen LogP contribution is -2.53. The summed E-state index contributed by atoms with van der Waals surface area (Å²) in [7, 11) is 0. The molecule has 0 amide bonds. The summed E-state index contributed by atoms with van der Waals surface area (Å²) in [5, 5.41) is 4.18. The van der Waals surface area contributed by atoms with Gasteiger partial charge in [-0.1, -0.05) is 19.8 Å². The molecule has 0 aliphatic heterocycles. The zero-order valence-corrected chi connectivity index (χ0v) is 15.2. The minimum absolute atomic E-state index is 0.115. The van der Waals surface area contributed by atoms with E-state index in [1.165, 1.54) is 25.7 Å². The highest BCUT2D eigenvalue weighted by atomic mass is 32.2. The normalized spacial score (nSPS) is 25.6. The molecule has 21 heavy (non-hydrogen) atoms. The van der Waals surface area contributed by atoms with Gasteiger partial charge < -0.3 is 4.74 Å². The molecule has 1 aliphatic carbocycles. The van der Waals surface area contributed by atoms with E-state index in [0.717, 1.165) is 23.3 Å². The molecule has 124 valence electrons. The summed E-state index contributed by atoms with van der Waals surface area (Å²) in [5.41, 5.74) is -0.558. The number of hydrogen-bond acceptors (Lipinski definition) is 4. The van der Waals surface area contributed by atoms with Gasteiger partial charge in [0, 0.05) is 11.3 Å². The van der Waals surface area contributed by atoms with E-state index >= 15 is 0 Å². The maximum Gasteiger partial charge on any atom is 0.326 e. The van der Waals surface area contributed by atoms with Gasteiger partial charge in [0.05, 0.1) is 6.61 Å². The Morgan fingerprint density at radius 1 is 1.43 bits per heavy atom. The first-order valence-corrected chi connectivity index (χ1v) is 9.48. The summed E-state index contributed by atoms with van der Waals surface area (Å²) in [5.74, 6) is 1.77. The Hall–Kier alpha value is -0.220. The van der Waals surface area contributed by atoms with Gasteiger partial charge in [-0.25, -0.2) is 0 Å². The Labute approximate surface area is 135 Å². The Morgan fingerprint density at radius 2 is 2.14 bits per heavy atom. The van der Waals surface area contributed by atoms with Crippen molar-refractivity contribution in [3.63, 3.8) is 0 Å². The second-order valence-electron chi connectivity index (χ2n) is 6.87. The molecule has 1 aliphatic rings. The van der Waals surface area contributed by atoms with Gasteiger partial charge in [0.25, 0.3) is 0 Å². The summed E-state index contributed by atoms with van der Waals surface area (Å²) in [6.07, 6.45) is 6.24. The highest BCUT2D eigenvalue weighted by molar-refractivity contribution is 7.99. The van der Waals surface area contributed by atoms with Crippen molar-refractivity contribution in [2.24, 2.45) is 5.92 Å². The molecule has 0 radical (unpaired) electrons. The number of ether oxygens (including phenoxy) is 1. The van der Waals surface area contributed by atoms with Crippen LogP contribution in [0.3, 0.4) is 0 Å². The average molecular weight is 316 g/mol. The second-order valence-corrected chi connectivity index (χ2v) is 8.27. The van der Waals surface area contributed by atoms with Crippen molar-refractivity contribution < 1.29 is 9.53 Å². The van der Waals surface area contributed by atoms with Gasteiger partial charge in [0.15, 0.2) is 0 Å². The van der Waals surface area contributed by atoms with Crippen LogP contribution < -0.4 is 5.32 Å². The van der Waals surface area contributed by atoms with Crippen LogP contribution in [0.1, 0.15) is 66.7 Å². The van der Waals surface area contributed by atoms with Crippen molar-refractivity contribution >= 4 is 17.7 Å². The zero-order valence-electron chi connectivity index (χ0n) is 14.4. The van der Waals surface area contributed by atoms with Crippen LogP contribution in [0.2, 0.25) is 0 Å². The van der Waals surface area contributed by atoms with E-state index in [9.17, 15) is 4.79 Å². The fraction of sp³-hybridized carbons (Fsp3) is 0.941. The minimum atomic E-state index is -0.558. The number of thioether (sulfide) groups is 1. The lowest BCUT2D eigenvalue weighted by atomic mass is 9.91. The molecule has 0 aromatic carbocycles. The van der Waals surface area contributed by atoms with E-state index in [2.05, 4.69) is 26.1 Å². The fourth-order valence-corrected chi connectivity index (χ4v) is 4.78. The smallest absolute Gasteiger partial charge is 0.326 e. The monoisotopic (exact) mass is 315 g/mol. The van der Waals surface area contributed by atoms with E-state index in [1.54, 1.807) is 0 Å². The van der Waals surface area contributed by atoms with Crippen molar-refractivity contribution in [3.05, 3.63) is 0 Å². The van der Waals surface area contributed by atoms with E-state index in [1.807, 2.05) is 25.6 Å². The molecule has 0 aromatic heterocycles. The third-order valence-electron chi connectivity index (χ3n) is 4.18. The topological polar surface area (TPSA) is 38.3 Å². The lowest BCUT2D eigenvalue weighted by Gasteiger charge is -2.32. The number of carbonyl (C=O) groups excluding carboxylic acids is 1. The first-order chi connectivity index (χ1) is 9.87. The molecular weight excluding hydrogens is 282 g/mol. The van der Waals surface area contributed by atoms with Crippen LogP contribution in [0.25, 0.3) is 0 Å². The van der Waals surface area contributed by atoms with Crippen molar-refractivity contribution in [2.45, 2.75) is 83.6 Å². The summed E-state index contributed by atoms with van der Waals surface area (Å²) in [6, 6.07) is 0.277. The fourth-order valence-electron chi connectivity index (χ4n) is 3.12. The van der Waals surface area contributed by atoms with Gasteiger partial charge >= 0.3 is 5.97 Å². The zero-order chi connectivity index (χ0) is 15.9. The average Bonchev–Trinajstić information content (AvgIpc) is 2.38. The molecule has 1 N–H and O–H groups in total. The molecular formula is C17H33NO2S. The highest BCUT2D eigenvalue weighted by Gasteiger charge is 2.35. The Morgan fingerprint density at radius 3 is 2.71 bits per heavy atom. The van der Waals surface area contributed by atoms with Crippen LogP contribution in [-0.2, 0) is 9.53 Å². The molecule has 1 fully saturated rings. The van der Waals surface area contributed by atoms with Crippen LogP contribution in [0.5, 0.6) is 0 Å². The van der Waals surface area contributed by atoms with E-state index in [0.29, 0.717) is 6.61 Å². The van der Waals surface area contributed by atoms with Crippen molar-refractivity contribution in [2.75, 3.05) is 12.4 Å². The SMILES string of the molecule is CCOC(=O)C(C)(CCSC1CCCC(C)C1)NC(C)C. The van der Waals surface area contributed by atoms with Gasteiger partial charge in [-0.2, -0.15) is 11.8 Å². The van der Waals surface area contributed by atoms with Gasteiger partial charge in [-0.15, -0.1) is 0 Å². The molecule has 1 saturated carbocycles. The standard InChI is InChI=1S/C17H33NO2S/c1-6-20-16(19)17(5,18-13(2)3)10-11-21-15-9-7-8-14(4)12-15/h13-15,18H,6-12H2,1-5H3. The molecule has 3 unspecified atom stereocenters. The molecule has 0 aromatic rings. The first-order valence-electron chi connectivity index (χ1n) is 8.44. The van der Waals surface area contributed by atoms with Crippen LogP contribution in [0.15, 0.2) is 0 Å². The van der Waals surface area contributed by atoms with Gasteiger partial charge in [0.1, 0.15) is 5.54 Å². The molecule has 1 rings (SSSR count). The second kappa shape index (κ2) is 9.04. The Bertz CT molecular complexity index is 322. The summed E-state index contributed by atoms with van der Waals surface area (Å²) in [6.45, 7) is 10.8. The number of hydrogen-bond donors (Lipinski definition) is 1. The maximum absolute atomic E-state index is 12.2. The lowest BCUT2D eigenvalue weighted by molar-refractivity contribution is -0.150. The van der Waals surface area contributed by atoms with Crippen LogP contribution in [0.4, 0.5) is 0 Å². The first kappa shape index (κ1) is 18.8. The quantitative estimate of drug-likeness (QED) is 0.687. The molecule has 3 atom stereocenters. The third kappa shape index (κ3) is 6.60. The Kier molecular flexibility index (Phi) is 8.10. The van der Waals surface area contributed by atoms with E-state index in [-0.39, 0.29) is 12.0 Å². The van der Waals surface area contributed by atoms with Gasteiger partial charge in [0.2, 0.25) is 0 Å². The van der Waals surface area contributed by atoms with Crippen molar-refractivity contribution in [1.82, 2.24) is 5.32 Å². The summed E-state index contributed by atoms with van der Waals surface area (Å²) < 4.78 is 5.26. The third-order valence-corrected chi connectivity index (χ3v) is 5.52. The highest BCUT2D eigenvalue weighted by Crippen LogP contribution is 2.33. The molecule has 0 spiro atoms. The molecule has 3 nitrogen and oxygen atoms in total. The molecule has 4 heteroatoms. The largest absolute Gasteiger partial charge is 0.465 e. The number of carbonyl (C=O) groups is 1.